The highest BCUT2D eigenvalue weighted by atomic mass is 16.7. The van der Waals surface area contributed by atoms with Gasteiger partial charge in [0.1, 0.15) is 18.8 Å². The van der Waals surface area contributed by atoms with Crippen LogP contribution in [-0.4, -0.2) is 89.2 Å². The van der Waals surface area contributed by atoms with Crippen LogP contribution in [0.5, 0.6) is 0 Å². The molecule has 3 N–H and O–H groups in total. The Morgan fingerprint density at radius 2 is 0.724 bits per heavy atom. The van der Waals surface area contributed by atoms with Gasteiger partial charge in [-0.15, -0.1) is 0 Å². The minimum Gasteiger partial charge on any atom is -0.479 e. The highest BCUT2D eigenvalue weighted by molar-refractivity contribution is 5.74. The lowest BCUT2D eigenvalue weighted by molar-refractivity contribution is -0.301. The van der Waals surface area contributed by atoms with Crippen molar-refractivity contribution in [1.82, 2.24) is 0 Å². The Morgan fingerprint density at radius 3 is 1.14 bits per heavy atom. The van der Waals surface area contributed by atoms with Crippen LogP contribution in [0.4, 0.5) is 0 Å². The van der Waals surface area contributed by atoms with Crippen LogP contribution in [0, 0.1) is 0 Å². The molecule has 1 fully saturated rings. The molecule has 0 aromatic rings. The van der Waals surface area contributed by atoms with E-state index in [2.05, 4.69) is 106 Å². The summed E-state index contributed by atoms with van der Waals surface area (Å²) in [5.41, 5.74) is 0. The summed E-state index contributed by atoms with van der Waals surface area (Å²) in [5.74, 6) is -3.13. The number of esters is 3. The molecule has 0 spiro atoms. The summed E-state index contributed by atoms with van der Waals surface area (Å²) in [6.07, 6.45) is 69.5. The van der Waals surface area contributed by atoms with Gasteiger partial charge in [-0.2, -0.15) is 0 Å². The van der Waals surface area contributed by atoms with Gasteiger partial charge in [-0.25, -0.2) is 4.79 Å². The van der Waals surface area contributed by atoms with Gasteiger partial charge in [0.05, 0.1) is 6.61 Å². The first-order chi connectivity index (χ1) is 42.6. The predicted molar refractivity (Wildman–Crippen MR) is 358 cm³/mol. The zero-order chi connectivity index (χ0) is 63.1. The number of carboxylic acid groups (broad SMARTS) is 1. The zero-order valence-electron chi connectivity index (χ0n) is 55.5. The van der Waals surface area contributed by atoms with Crippen LogP contribution >= 0.6 is 0 Å². The summed E-state index contributed by atoms with van der Waals surface area (Å²) in [6, 6.07) is 0. The van der Waals surface area contributed by atoms with Crippen molar-refractivity contribution in [2.45, 2.75) is 353 Å². The monoisotopic (exact) mass is 1220 g/mol. The summed E-state index contributed by atoms with van der Waals surface area (Å²) in [5, 5.41) is 31.7. The largest absolute Gasteiger partial charge is 0.479 e. The topological polar surface area (TPSA) is 175 Å². The van der Waals surface area contributed by atoms with E-state index >= 15 is 0 Å². The third-order valence-electron chi connectivity index (χ3n) is 15.9. The van der Waals surface area contributed by atoms with Gasteiger partial charge in [-0.1, -0.05) is 266 Å². The summed E-state index contributed by atoms with van der Waals surface area (Å²) in [7, 11) is 0. The standard InChI is InChI=1S/C75H128O12/c1-4-7-10-13-16-19-22-25-28-31-34-37-40-43-46-49-52-55-58-61-67(76)83-64-66(85-68(77)62-59-56-53-50-47-44-41-38-35-32-29-26-23-20-17-14-11-8-5-2)65-84-75-73(71(80)70(79)72(87-75)74(81)82)86-69(78)63-60-57-54-51-48-45-42-39-36-33-30-27-24-21-18-15-12-9-6-3/h7,10,16-17,19-20,25-30,34,37,66,70-73,75,79-80H,4-6,8-9,11-15,18,21-24,31-33,35-36,38-65H2,1-3H3,(H,81,82)/b10-7-,19-16-,20-17-,28-25-,29-26-,30-27-,37-34-. The number of aliphatic hydroxyl groups excluding tert-OH is 2. The molecule has 1 aliphatic heterocycles. The molecule has 1 heterocycles. The van der Waals surface area contributed by atoms with Crippen molar-refractivity contribution in [2.24, 2.45) is 0 Å². The van der Waals surface area contributed by atoms with Gasteiger partial charge >= 0.3 is 23.9 Å². The number of hydrogen-bond donors (Lipinski definition) is 3. The molecule has 12 nitrogen and oxygen atoms in total. The van der Waals surface area contributed by atoms with Crippen molar-refractivity contribution in [2.75, 3.05) is 13.2 Å². The summed E-state index contributed by atoms with van der Waals surface area (Å²) < 4.78 is 28.6. The van der Waals surface area contributed by atoms with E-state index in [9.17, 15) is 34.5 Å². The van der Waals surface area contributed by atoms with Crippen LogP contribution in [-0.2, 0) is 42.9 Å². The van der Waals surface area contributed by atoms with Crippen molar-refractivity contribution in [1.29, 1.82) is 0 Å². The molecule has 500 valence electrons. The number of carbonyl (C=O) groups is 4. The van der Waals surface area contributed by atoms with E-state index in [1.54, 1.807) is 0 Å². The molecule has 6 atom stereocenters. The Labute approximate surface area is 531 Å². The molecule has 1 saturated heterocycles. The highest BCUT2D eigenvalue weighted by Crippen LogP contribution is 2.27. The molecule has 0 aromatic carbocycles. The van der Waals surface area contributed by atoms with Crippen molar-refractivity contribution >= 4 is 23.9 Å². The van der Waals surface area contributed by atoms with Gasteiger partial charge in [0.25, 0.3) is 0 Å². The Morgan fingerprint density at radius 1 is 0.391 bits per heavy atom. The van der Waals surface area contributed by atoms with E-state index in [0.717, 1.165) is 135 Å². The molecule has 6 unspecified atom stereocenters. The zero-order valence-corrected chi connectivity index (χ0v) is 55.5. The van der Waals surface area contributed by atoms with Gasteiger partial charge in [0.15, 0.2) is 24.6 Å². The molecule has 0 aliphatic carbocycles. The third-order valence-corrected chi connectivity index (χ3v) is 15.9. The fourth-order valence-corrected chi connectivity index (χ4v) is 10.5. The average Bonchev–Trinajstić information content (AvgIpc) is 2.56. The van der Waals surface area contributed by atoms with E-state index in [0.29, 0.717) is 19.3 Å². The molecule has 0 amide bonds. The normalized spacial score (nSPS) is 17.8. The molecular weight excluding hydrogens is 1090 g/mol. The van der Waals surface area contributed by atoms with Crippen LogP contribution in [0.2, 0.25) is 0 Å². The number of aliphatic hydroxyl groups is 2. The van der Waals surface area contributed by atoms with E-state index in [1.807, 2.05) is 0 Å². The molecule has 1 aliphatic rings. The van der Waals surface area contributed by atoms with Crippen LogP contribution in [0.1, 0.15) is 316 Å². The number of unbranched alkanes of at least 4 members (excludes halogenated alkanes) is 33. The number of aliphatic carboxylic acids is 1. The van der Waals surface area contributed by atoms with Gasteiger partial charge < -0.3 is 39.0 Å². The van der Waals surface area contributed by atoms with E-state index < -0.39 is 67.3 Å². The second-order valence-electron chi connectivity index (χ2n) is 24.1. The van der Waals surface area contributed by atoms with Crippen LogP contribution < -0.4 is 0 Å². The molecule has 0 radical (unpaired) electrons. The van der Waals surface area contributed by atoms with E-state index in [-0.39, 0.29) is 25.9 Å². The Hall–Kier alpha value is -4.10. The fourth-order valence-electron chi connectivity index (χ4n) is 10.5. The van der Waals surface area contributed by atoms with E-state index in [4.69, 9.17) is 23.7 Å². The van der Waals surface area contributed by atoms with Crippen molar-refractivity contribution in [3.05, 3.63) is 85.1 Å². The molecule has 0 saturated carbocycles. The summed E-state index contributed by atoms with van der Waals surface area (Å²) in [4.78, 5) is 51.5. The first-order valence-corrected chi connectivity index (χ1v) is 35.6. The quantitative estimate of drug-likeness (QED) is 0.0228. The first-order valence-electron chi connectivity index (χ1n) is 35.6. The van der Waals surface area contributed by atoms with Crippen molar-refractivity contribution < 1.29 is 58.2 Å². The second kappa shape index (κ2) is 62.1. The number of carboxylic acids is 1. The van der Waals surface area contributed by atoms with E-state index in [1.165, 1.54) is 122 Å². The molecule has 87 heavy (non-hydrogen) atoms. The lowest BCUT2D eigenvalue weighted by Crippen LogP contribution is -2.61. The van der Waals surface area contributed by atoms with Crippen LogP contribution in [0.15, 0.2) is 85.1 Å². The van der Waals surface area contributed by atoms with Gasteiger partial charge in [0.2, 0.25) is 0 Å². The maximum absolute atomic E-state index is 13.3. The van der Waals surface area contributed by atoms with Gasteiger partial charge in [0, 0.05) is 19.3 Å². The number of ether oxygens (including phenoxy) is 5. The third kappa shape index (κ3) is 51.4. The highest BCUT2D eigenvalue weighted by Gasteiger charge is 2.50. The molecular formula is C75H128O12. The first kappa shape index (κ1) is 80.9. The summed E-state index contributed by atoms with van der Waals surface area (Å²) in [6.45, 7) is 5.89. The lowest BCUT2D eigenvalue weighted by atomic mass is 9.98. The SMILES string of the molecule is CC/C=C\C/C=C\C/C=C\C/C=C\CCCCCCCCC(=O)OCC(COC1OC(C(=O)O)C(O)C(O)C1OC(=O)CCCCCCCCCCC/C=C\CCCCCCCC)OC(=O)CCCCCCCCCCC/C=C\C/C=C\CCCCC. The molecule has 0 bridgehead atoms. The minimum absolute atomic E-state index is 0.0551. The smallest absolute Gasteiger partial charge is 0.335 e. The second-order valence-corrected chi connectivity index (χ2v) is 24.1. The van der Waals surface area contributed by atoms with Gasteiger partial charge in [-0.3, -0.25) is 14.4 Å². The number of rotatable bonds is 61. The summed E-state index contributed by atoms with van der Waals surface area (Å²) >= 11 is 0. The maximum atomic E-state index is 13.3. The van der Waals surface area contributed by atoms with Crippen LogP contribution in [0.25, 0.3) is 0 Å². The minimum atomic E-state index is -1.91. The van der Waals surface area contributed by atoms with Crippen molar-refractivity contribution in [3.8, 4) is 0 Å². The van der Waals surface area contributed by atoms with Crippen LogP contribution in [0.3, 0.4) is 0 Å². The average molecular weight is 1220 g/mol. The molecule has 0 aromatic heterocycles. The Bertz CT molecular complexity index is 1830. The van der Waals surface area contributed by atoms with Crippen molar-refractivity contribution in [3.63, 3.8) is 0 Å². The number of allylic oxidation sites excluding steroid dienone is 14. The Kier molecular flexibility index (Phi) is 57.8. The van der Waals surface area contributed by atoms with Gasteiger partial charge in [-0.05, 0) is 116 Å². The molecule has 12 heteroatoms. The lowest BCUT2D eigenvalue weighted by Gasteiger charge is -2.40. The number of carbonyl (C=O) groups excluding carboxylic acids is 3. The fraction of sp³-hybridized carbons (Fsp3) is 0.760. The number of hydrogen-bond acceptors (Lipinski definition) is 11. The predicted octanol–water partition coefficient (Wildman–Crippen LogP) is 19.8. The molecule has 1 rings (SSSR count). The maximum Gasteiger partial charge on any atom is 0.335 e. The Balaban J connectivity index is 2.64.